The van der Waals surface area contributed by atoms with Gasteiger partial charge in [0.05, 0.1) is 23.4 Å². The number of aryl methyl sites for hydroxylation is 1. The van der Waals surface area contributed by atoms with Crippen molar-refractivity contribution >= 4 is 15.5 Å². The lowest BCUT2D eigenvalue weighted by Crippen LogP contribution is -2.10. The minimum Gasteiger partial charge on any atom is -0.275 e. The van der Waals surface area contributed by atoms with E-state index in [1.807, 2.05) is 19.4 Å². The molecule has 1 aliphatic carbocycles. The van der Waals surface area contributed by atoms with Crippen LogP contribution in [0.4, 0.5) is 8.78 Å². The lowest BCUT2D eigenvalue weighted by atomic mass is 9.97. The summed E-state index contributed by atoms with van der Waals surface area (Å²) < 4.78 is 57.1. The van der Waals surface area contributed by atoms with E-state index < -0.39 is 21.5 Å². The third-order valence-electron chi connectivity index (χ3n) is 6.34. The molecular formula is C26H21F2N5O2S. The highest BCUT2D eigenvalue weighted by molar-refractivity contribution is 7.91. The number of sulfone groups is 1. The van der Waals surface area contributed by atoms with Crippen molar-refractivity contribution in [2.45, 2.75) is 23.8 Å². The molecule has 7 nitrogen and oxygen atoms in total. The van der Waals surface area contributed by atoms with Gasteiger partial charge >= 0.3 is 0 Å². The van der Waals surface area contributed by atoms with E-state index in [0.29, 0.717) is 40.7 Å². The third-order valence-corrected chi connectivity index (χ3v) is 8.56. The van der Waals surface area contributed by atoms with Crippen molar-refractivity contribution in [3.63, 3.8) is 0 Å². The molecular weight excluding hydrogens is 484 g/mol. The summed E-state index contributed by atoms with van der Waals surface area (Å²) in [5.74, 6) is -1.55. The molecule has 0 unspecified atom stereocenters. The molecule has 0 radical (unpaired) electrons. The number of halogens is 2. The quantitative estimate of drug-likeness (QED) is 0.331. The highest BCUT2D eigenvalue weighted by Crippen LogP contribution is 2.35. The summed E-state index contributed by atoms with van der Waals surface area (Å²) in [6.07, 6.45) is 10.2. The second kappa shape index (κ2) is 8.34. The van der Waals surface area contributed by atoms with Crippen LogP contribution < -0.4 is 0 Å². The fourth-order valence-electron chi connectivity index (χ4n) is 4.38. The van der Waals surface area contributed by atoms with Gasteiger partial charge in [0.2, 0.25) is 0 Å². The topological polar surface area (TPSA) is 82.1 Å². The molecule has 0 bridgehead atoms. The Morgan fingerprint density at radius 3 is 2.33 bits per heavy atom. The van der Waals surface area contributed by atoms with E-state index in [-0.39, 0.29) is 16.6 Å². The first-order valence-electron chi connectivity index (χ1n) is 11.4. The van der Waals surface area contributed by atoms with Crippen LogP contribution in [0.5, 0.6) is 0 Å². The molecule has 0 atom stereocenters. The van der Waals surface area contributed by atoms with Crippen LogP contribution in [0.15, 0.2) is 67.4 Å². The molecule has 5 aromatic rings. The van der Waals surface area contributed by atoms with E-state index in [2.05, 4.69) is 15.2 Å². The molecule has 1 saturated carbocycles. The molecule has 10 heteroatoms. The maximum Gasteiger partial charge on any atom is 0.162 e. The van der Waals surface area contributed by atoms with Crippen molar-refractivity contribution < 1.29 is 17.2 Å². The highest BCUT2D eigenvalue weighted by Gasteiger charge is 2.35. The zero-order chi connectivity index (χ0) is 25.0. The molecule has 3 heterocycles. The van der Waals surface area contributed by atoms with Gasteiger partial charge in [0.1, 0.15) is 11.6 Å². The van der Waals surface area contributed by atoms with Gasteiger partial charge in [-0.25, -0.2) is 26.7 Å². The third kappa shape index (κ3) is 4.17. The summed E-state index contributed by atoms with van der Waals surface area (Å²) in [5, 5.41) is 8.31. The normalized spacial score (nSPS) is 14.0. The Kier molecular flexibility index (Phi) is 5.22. The van der Waals surface area contributed by atoms with Crippen LogP contribution >= 0.6 is 0 Å². The summed E-state index contributed by atoms with van der Waals surface area (Å²) in [4.78, 5) is 4.60. The minimum absolute atomic E-state index is 0.154. The number of aromatic nitrogens is 5. The van der Waals surface area contributed by atoms with Gasteiger partial charge in [-0.15, -0.1) is 0 Å². The molecule has 36 heavy (non-hydrogen) atoms. The van der Waals surface area contributed by atoms with Crippen LogP contribution in [-0.2, 0) is 22.6 Å². The number of fused-ring (bicyclic) bond motifs is 1. The minimum atomic E-state index is -3.32. The number of nitrogens with zero attached hydrogens (tertiary/aromatic N) is 5. The largest absolute Gasteiger partial charge is 0.275 e. The Balaban J connectivity index is 1.47. The maximum absolute atomic E-state index is 14.7. The van der Waals surface area contributed by atoms with Gasteiger partial charge in [-0.05, 0) is 59.9 Å². The van der Waals surface area contributed by atoms with Crippen LogP contribution in [0, 0.1) is 11.6 Å². The lowest BCUT2D eigenvalue weighted by Gasteiger charge is -2.11. The van der Waals surface area contributed by atoms with Gasteiger partial charge in [-0.1, -0.05) is 0 Å². The van der Waals surface area contributed by atoms with Gasteiger partial charge in [-0.3, -0.25) is 4.68 Å². The first kappa shape index (κ1) is 22.5. The van der Waals surface area contributed by atoms with Crippen molar-refractivity contribution in [3.8, 4) is 33.4 Å². The number of rotatable bonds is 6. The van der Waals surface area contributed by atoms with Crippen LogP contribution in [0.25, 0.3) is 39.0 Å². The van der Waals surface area contributed by atoms with Gasteiger partial charge in [0, 0.05) is 54.0 Å². The number of hydrogen-bond donors (Lipinski definition) is 0. The van der Waals surface area contributed by atoms with Crippen molar-refractivity contribution in [1.82, 2.24) is 24.4 Å². The fraction of sp³-hybridized carbons (Fsp3) is 0.192. The Hall–Kier alpha value is -3.92. The predicted octanol–water partition coefficient (Wildman–Crippen LogP) is 4.82. The average Bonchev–Trinajstić information content (AvgIpc) is 3.49. The smallest absolute Gasteiger partial charge is 0.162 e. The first-order chi connectivity index (χ1) is 17.3. The van der Waals surface area contributed by atoms with Crippen LogP contribution in [-0.4, -0.2) is 38.0 Å². The van der Waals surface area contributed by atoms with E-state index in [9.17, 15) is 17.2 Å². The van der Waals surface area contributed by atoms with E-state index >= 15 is 0 Å². The summed E-state index contributed by atoms with van der Waals surface area (Å²) in [5.41, 5.74) is 4.79. The molecule has 1 fully saturated rings. The Morgan fingerprint density at radius 2 is 1.64 bits per heavy atom. The Bertz CT molecular complexity index is 1740. The summed E-state index contributed by atoms with van der Waals surface area (Å²) in [6.45, 7) is 0. The van der Waals surface area contributed by atoms with Crippen LogP contribution in [0.2, 0.25) is 0 Å². The summed E-state index contributed by atoms with van der Waals surface area (Å²) >= 11 is 0. The first-order valence-corrected chi connectivity index (χ1v) is 13.1. The molecule has 0 saturated heterocycles. The Morgan fingerprint density at radius 1 is 0.889 bits per heavy atom. The van der Waals surface area contributed by atoms with Crippen LogP contribution in [0.1, 0.15) is 18.4 Å². The van der Waals surface area contributed by atoms with E-state index in [0.717, 1.165) is 17.2 Å². The molecule has 1 aliphatic rings. The standard InChI is InChI=1S/C26H21F2N5O2S/c1-32-13-20(11-30-32)19-10-29-26-24(12-31-33(26)14-19)18-7-16(15-36(34,35)22-3-4-22)6-17(8-18)23-5-2-21(27)9-25(23)28/h2,5-14,22H,3-4,15H2,1H3. The molecule has 3 aromatic heterocycles. The summed E-state index contributed by atoms with van der Waals surface area (Å²) in [7, 11) is -1.48. The fourth-order valence-corrected chi connectivity index (χ4v) is 6.11. The number of hydrogen-bond acceptors (Lipinski definition) is 5. The molecule has 6 rings (SSSR count). The zero-order valence-corrected chi connectivity index (χ0v) is 20.1. The molecule has 0 spiro atoms. The monoisotopic (exact) mass is 505 g/mol. The average molecular weight is 506 g/mol. The van der Waals surface area contributed by atoms with Crippen molar-refractivity contribution in [1.29, 1.82) is 0 Å². The zero-order valence-electron chi connectivity index (χ0n) is 19.3. The Labute approximate surface area is 206 Å². The van der Waals surface area contributed by atoms with Crippen molar-refractivity contribution in [2.75, 3.05) is 0 Å². The lowest BCUT2D eigenvalue weighted by molar-refractivity contribution is 0.585. The molecule has 0 N–H and O–H groups in total. The van der Waals surface area contributed by atoms with Gasteiger partial charge < -0.3 is 0 Å². The number of benzene rings is 2. The molecule has 0 aliphatic heterocycles. The van der Waals surface area contributed by atoms with Gasteiger partial charge in [-0.2, -0.15) is 10.2 Å². The highest BCUT2D eigenvalue weighted by atomic mass is 32.2. The van der Waals surface area contributed by atoms with Gasteiger partial charge in [0.15, 0.2) is 15.5 Å². The van der Waals surface area contributed by atoms with Crippen molar-refractivity contribution in [3.05, 3.63) is 84.6 Å². The van der Waals surface area contributed by atoms with Gasteiger partial charge in [0.25, 0.3) is 0 Å². The second-order valence-corrected chi connectivity index (χ2v) is 11.4. The maximum atomic E-state index is 14.7. The molecule has 0 amide bonds. The molecule has 182 valence electrons. The van der Waals surface area contributed by atoms with Crippen molar-refractivity contribution in [2.24, 2.45) is 7.05 Å². The SMILES string of the molecule is Cn1cc(-c2cnc3c(-c4cc(CS(=O)(=O)C5CC5)cc(-c5ccc(F)cc5F)c4)cnn3c2)cn1. The van der Waals surface area contributed by atoms with Crippen LogP contribution in [0.3, 0.4) is 0 Å². The second-order valence-electron chi connectivity index (χ2n) is 9.12. The predicted molar refractivity (Wildman–Crippen MR) is 132 cm³/mol. The van der Waals surface area contributed by atoms with E-state index in [4.69, 9.17) is 0 Å². The summed E-state index contributed by atoms with van der Waals surface area (Å²) in [6, 6.07) is 8.54. The van der Waals surface area contributed by atoms with E-state index in [1.165, 1.54) is 12.1 Å². The molecule has 2 aromatic carbocycles. The van der Waals surface area contributed by atoms with E-state index in [1.54, 1.807) is 46.0 Å².